The lowest BCUT2D eigenvalue weighted by Gasteiger charge is -2.29. The molecular weight excluding hydrogens is 354 g/mol. The SMILES string of the molecule is CCC(C)c1nc(N2CCOCC2)cc(C)c1OC(=O)NCCCC(C)(C)C. The Hall–Kier alpha value is -1.82. The number of ether oxygens (including phenoxy) is 2. The van der Waals surface area contributed by atoms with Gasteiger partial charge in [-0.3, -0.25) is 0 Å². The van der Waals surface area contributed by atoms with Crippen LogP contribution in [0, 0.1) is 12.3 Å². The van der Waals surface area contributed by atoms with Gasteiger partial charge in [0.25, 0.3) is 0 Å². The fourth-order valence-electron chi connectivity index (χ4n) is 3.22. The van der Waals surface area contributed by atoms with Crippen molar-refractivity contribution in [3.63, 3.8) is 0 Å². The Morgan fingerprint density at radius 1 is 1.36 bits per heavy atom. The number of carbonyl (C=O) groups is 1. The van der Waals surface area contributed by atoms with Gasteiger partial charge in [-0.15, -0.1) is 0 Å². The smallest absolute Gasteiger partial charge is 0.408 e. The van der Waals surface area contributed by atoms with Crippen LogP contribution < -0.4 is 15.0 Å². The monoisotopic (exact) mass is 391 g/mol. The molecule has 0 saturated carbocycles. The van der Waals surface area contributed by atoms with Crippen LogP contribution >= 0.6 is 0 Å². The molecule has 0 aromatic carbocycles. The highest BCUT2D eigenvalue weighted by Gasteiger charge is 2.22. The van der Waals surface area contributed by atoms with Crippen molar-refractivity contribution in [1.29, 1.82) is 0 Å². The van der Waals surface area contributed by atoms with E-state index >= 15 is 0 Å². The second-order valence-electron chi connectivity index (χ2n) is 8.90. The van der Waals surface area contributed by atoms with Crippen LogP contribution in [0.25, 0.3) is 0 Å². The highest BCUT2D eigenvalue weighted by molar-refractivity contribution is 5.71. The maximum atomic E-state index is 12.4. The Balaban J connectivity index is 2.10. The van der Waals surface area contributed by atoms with E-state index in [1.165, 1.54) is 0 Å². The van der Waals surface area contributed by atoms with Crippen molar-refractivity contribution in [3.8, 4) is 5.75 Å². The van der Waals surface area contributed by atoms with Gasteiger partial charge in [0.1, 0.15) is 5.82 Å². The molecule has 1 aliphatic heterocycles. The molecule has 2 rings (SSSR count). The first-order valence-electron chi connectivity index (χ1n) is 10.5. The number of nitrogens with one attached hydrogen (secondary N) is 1. The van der Waals surface area contributed by atoms with Crippen molar-refractivity contribution < 1.29 is 14.3 Å². The summed E-state index contributed by atoms with van der Waals surface area (Å²) >= 11 is 0. The van der Waals surface area contributed by atoms with Crippen molar-refractivity contribution in [2.24, 2.45) is 5.41 Å². The number of rotatable bonds is 7. The zero-order valence-electron chi connectivity index (χ0n) is 18.4. The number of hydrogen-bond donors (Lipinski definition) is 1. The summed E-state index contributed by atoms with van der Waals surface area (Å²) in [7, 11) is 0. The number of aromatic nitrogens is 1. The van der Waals surface area contributed by atoms with Crippen LogP contribution in [0.1, 0.15) is 71.1 Å². The fraction of sp³-hybridized carbons (Fsp3) is 0.727. The minimum absolute atomic E-state index is 0.211. The van der Waals surface area contributed by atoms with Gasteiger partial charge in [0.2, 0.25) is 0 Å². The summed E-state index contributed by atoms with van der Waals surface area (Å²) in [5.74, 6) is 1.75. The summed E-state index contributed by atoms with van der Waals surface area (Å²) in [6.45, 7) is 16.6. The molecule has 0 radical (unpaired) electrons. The van der Waals surface area contributed by atoms with Gasteiger partial charge < -0.3 is 19.7 Å². The first-order chi connectivity index (χ1) is 13.2. The number of amides is 1. The molecule has 2 heterocycles. The van der Waals surface area contributed by atoms with Gasteiger partial charge >= 0.3 is 6.09 Å². The van der Waals surface area contributed by atoms with Crippen molar-refractivity contribution in [2.75, 3.05) is 37.7 Å². The number of nitrogens with zero attached hydrogens (tertiary/aromatic N) is 2. The molecular formula is C22H37N3O3. The molecule has 1 atom stereocenters. The average molecular weight is 392 g/mol. The zero-order valence-corrected chi connectivity index (χ0v) is 18.4. The van der Waals surface area contributed by atoms with E-state index in [0.29, 0.717) is 25.5 Å². The number of pyridine rings is 1. The highest BCUT2D eigenvalue weighted by Crippen LogP contribution is 2.33. The van der Waals surface area contributed by atoms with Crippen LogP contribution in [0.5, 0.6) is 5.75 Å². The summed E-state index contributed by atoms with van der Waals surface area (Å²) in [5, 5.41) is 2.88. The van der Waals surface area contributed by atoms with E-state index < -0.39 is 6.09 Å². The summed E-state index contributed by atoms with van der Waals surface area (Å²) in [6, 6.07) is 2.01. The Bertz CT molecular complexity index is 649. The molecule has 1 aromatic heterocycles. The Morgan fingerprint density at radius 3 is 2.64 bits per heavy atom. The predicted octanol–water partition coefficient (Wildman–Crippen LogP) is 4.65. The lowest BCUT2D eigenvalue weighted by Crippen LogP contribution is -2.37. The van der Waals surface area contributed by atoms with Crippen LogP contribution in [0.3, 0.4) is 0 Å². The predicted molar refractivity (Wildman–Crippen MR) is 113 cm³/mol. The van der Waals surface area contributed by atoms with Gasteiger partial charge in [0, 0.05) is 25.6 Å². The van der Waals surface area contributed by atoms with Gasteiger partial charge in [-0.1, -0.05) is 34.6 Å². The third-order valence-corrected chi connectivity index (χ3v) is 5.15. The van der Waals surface area contributed by atoms with E-state index in [0.717, 1.165) is 49.4 Å². The van der Waals surface area contributed by atoms with Gasteiger partial charge in [-0.05, 0) is 43.2 Å². The average Bonchev–Trinajstić information content (AvgIpc) is 2.66. The first kappa shape index (κ1) is 22.5. The molecule has 1 aromatic rings. The van der Waals surface area contributed by atoms with Crippen molar-refractivity contribution >= 4 is 11.9 Å². The number of hydrogen-bond acceptors (Lipinski definition) is 5. The van der Waals surface area contributed by atoms with E-state index in [1.807, 2.05) is 13.0 Å². The molecule has 0 aliphatic carbocycles. The number of anilines is 1. The van der Waals surface area contributed by atoms with Gasteiger partial charge in [0.15, 0.2) is 5.75 Å². The molecule has 158 valence electrons. The maximum Gasteiger partial charge on any atom is 0.412 e. The molecule has 1 aliphatic rings. The van der Waals surface area contributed by atoms with Gasteiger partial charge in [-0.2, -0.15) is 0 Å². The molecule has 1 amide bonds. The molecule has 6 heteroatoms. The van der Waals surface area contributed by atoms with E-state index in [1.54, 1.807) is 0 Å². The third kappa shape index (κ3) is 6.66. The van der Waals surface area contributed by atoms with Gasteiger partial charge in [-0.25, -0.2) is 9.78 Å². The van der Waals surface area contributed by atoms with E-state index in [9.17, 15) is 4.79 Å². The second-order valence-corrected chi connectivity index (χ2v) is 8.90. The summed E-state index contributed by atoms with van der Waals surface area (Å²) in [6.07, 6.45) is 2.52. The van der Waals surface area contributed by atoms with Crippen LogP contribution in [0.15, 0.2) is 6.07 Å². The summed E-state index contributed by atoms with van der Waals surface area (Å²) < 4.78 is 11.2. The van der Waals surface area contributed by atoms with Crippen LogP contribution in [-0.2, 0) is 4.74 Å². The molecule has 1 saturated heterocycles. The normalized spacial score (nSPS) is 16.0. The third-order valence-electron chi connectivity index (χ3n) is 5.15. The van der Waals surface area contributed by atoms with Crippen LogP contribution in [-0.4, -0.2) is 43.9 Å². The standard InChI is InChI=1S/C22H37N3O3/c1-7-16(2)19-20(28-21(26)23-10-8-9-22(4,5)6)17(3)15-18(24-19)25-11-13-27-14-12-25/h15-16H,7-14H2,1-6H3,(H,23,26). The molecule has 0 bridgehead atoms. The zero-order chi connectivity index (χ0) is 20.7. The second kappa shape index (κ2) is 10.1. The van der Waals surface area contributed by atoms with Crippen molar-refractivity contribution in [1.82, 2.24) is 10.3 Å². The number of aryl methyl sites for hydroxylation is 1. The molecule has 28 heavy (non-hydrogen) atoms. The van der Waals surface area contributed by atoms with E-state index in [2.05, 4.69) is 44.8 Å². The lowest BCUT2D eigenvalue weighted by atomic mass is 9.91. The minimum atomic E-state index is -0.400. The highest BCUT2D eigenvalue weighted by atomic mass is 16.6. The molecule has 1 fully saturated rings. The van der Waals surface area contributed by atoms with Crippen molar-refractivity contribution in [3.05, 3.63) is 17.3 Å². The van der Waals surface area contributed by atoms with Crippen molar-refractivity contribution in [2.45, 2.75) is 66.7 Å². The summed E-state index contributed by atoms with van der Waals surface area (Å²) in [5.41, 5.74) is 2.07. The Labute approximate surface area is 170 Å². The first-order valence-corrected chi connectivity index (χ1v) is 10.5. The quantitative estimate of drug-likeness (QED) is 0.685. The Kier molecular flexibility index (Phi) is 8.10. The molecule has 0 spiro atoms. The molecule has 6 nitrogen and oxygen atoms in total. The van der Waals surface area contributed by atoms with Gasteiger partial charge in [0.05, 0.1) is 18.9 Å². The molecule has 1 unspecified atom stereocenters. The number of carbonyl (C=O) groups excluding carboxylic acids is 1. The largest absolute Gasteiger partial charge is 0.412 e. The fourth-order valence-corrected chi connectivity index (χ4v) is 3.22. The topological polar surface area (TPSA) is 63.7 Å². The minimum Gasteiger partial charge on any atom is -0.408 e. The summed E-state index contributed by atoms with van der Waals surface area (Å²) in [4.78, 5) is 19.5. The lowest BCUT2D eigenvalue weighted by molar-refractivity contribution is 0.122. The van der Waals surface area contributed by atoms with Crippen LogP contribution in [0.4, 0.5) is 10.6 Å². The molecule has 1 N–H and O–H groups in total. The maximum absolute atomic E-state index is 12.4. The van der Waals surface area contributed by atoms with E-state index in [-0.39, 0.29) is 11.3 Å². The number of morpholine rings is 1. The van der Waals surface area contributed by atoms with E-state index in [4.69, 9.17) is 14.5 Å². The Morgan fingerprint density at radius 2 is 2.04 bits per heavy atom. The van der Waals surface area contributed by atoms with Crippen LogP contribution in [0.2, 0.25) is 0 Å².